The van der Waals surface area contributed by atoms with Crippen molar-refractivity contribution in [2.45, 2.75) is 6.92 Å². The van der Waals surface area contributed by atoms with Crippen LogP contribution in [0.1, 0.15) is 5.69 Å². The standard InChI is InChI=1S/C11H7ClIN3O3/c1-6-9(16(17)18)10(15-11(12)14-6)19-8-4-2-3-7(13)5-8/h2-5H,1H3. The zero-order valence-corrected chi connectivity index (χ0v) is 12.5. The van der Waals surface area contributed by atoms with Gasteiger partial charge in [-0.05, 0) is 59.3 Å². The second kappa shape index (κ2) is 5.66. The van der Waals surface area contributed by atoms with Gasteiger partial charge in [0.05, 0.1) is 4.92 Å². The highest BCUT2D eigenvalue weighted by molar-refractivity contribution is 14.1. The van der Waals surface area contributed by atoms with E-state index in [0.29, 0.717) is 5.75 Å². The number of hydrogen-bond acceptors (Lipinski definition) is 5. The smallest absolute Gasteiger partial charge is 0.352 e. The Morgan fingerprint density at radius 1 is 1.42 bits per heavy atom. The van der Waals surface area contributed by atoms with Crippen LogP contribution in [0.15, 0.2) is 24.3 Å². The predicted octanol–water partition coefficient (Wildman–Crippen LogP) is 3.74. The van der Waals surface area contributed by atoms with E-state index in [1.165, 1.54) is 6.92 Å². The van der Waals surface area contributed by atoms with Crippen LogP contribution in [0.25, 0.3) is 0 Å². The van der Waals surface area contributed by atoms with Gasteiger partial charge < -0.3 is 4.74 Å². The third-order valence-corrected chi connectivity index (χ3v) is 3.03. The fraction of sp³-hybridized carbons (Fsp3) is 0.0909. The number of ether oxygens (including phenoxy) is 1. The summed E-state index contributed by atoms with van der Waals surface area (Å²) in [5.41, 5.74) is -0.131. The lowest BCUT2D eigenvalue weighted by Gasteiger charge is -2.07. The molecule has 0 unspecified atom stereocenters. The van der Waals surface area contributed by atoms with Gasteiger partial charge in [0.25, 0.3) is 0 Å². The first-order valence-corrected chi connectivity index (χ1v) is 6.55. The summed E-state index contributed by atoms with van der Waals surface area (Å²) in [5, 5.41) is 10.9. The molecule has 0 aliphatic rings. The molecular formula is C11H7ClIN3O3. The third-order valence-electron chi connectivity index (χ3n) is 2.19. The molecule has 0 amide bonds. The van der Waals surface area contributed by atoms with E-state index < -0.39 is 4.92 Å². The van der Waals surface area contributed by atoms with Gasteiger partial charge >= 0.3 is 11.6 Å². The van der Waals surface area contributed by atoms with Gasteiger partial charge in [-0.3, -0.25) is 10.1 Å². The first-order chi connectivity index (χ1) is 8.97. The number of rotatable bonds is 3. The van der Waals surface area contributed by atoms with Crippen LogP contribution < -0.4 is 4.74 Å². The molecule has 1 aromatic carbocycles. The fourth-order valence-corrected chi connectivity index (χ4v) is 2.15. The molecule has 1 aromatic heterocycles. The van der Waals surface area contributed by atoms with E-state index in [1.54, 1.807) is 18.2 Å². The van der Waals surface area contributed by atoms with Crippen molar-refractivity contribution in [3.8, 4) is 11.6 Å². The van der Waals surface area contributed by atoms with Crippen molar-refractivity contribution < 1.29 is 9.66 Å². The first kappa shape index (κ1) is 13.9. The molecule has 1 heterocycles. The van der Waals surface area contributed by atoms with Gasteiger partial charge in [-0.1, -0.05) is 6.07 Å². The topological polar surface area (TPSA) is 78.2 Å². The fourth-order valence-electron chi connectivity index (χ4n) is 1.43. The molecule has 0 aliphatic carbocycles. The van der Waals surface area contributed by atoms with Gasteiger partial charge in [0, 0.05) is 3.57 Å². The summed E-state index contributed by atoms with van der Waals surface area (Å²) in [7, 11) is 0. The maximum absolute atomic E-state index is 11.0. The molecule has 98 valence electrons. The van der Waals surface area contributed by atoms with Crippen molar-refractivity contribution in [1.29, 1.82) is 0 Å². The summed E-state index contributed by atoms with van der Waals surface area (Å²) in [5.74, 6) is 0.286. The van der Waals surface area contributed by atoms with Crippen LogP contribution in [0.2, 0.25) is 5.28 Å². The molecule has 0 aliphatic heterocycles. The minimum Gasteiger partial charge on any atom is -0.434 e. The highest BCUT2D eigenvalue weighted by atomic mass is 127. The van der Waals surface area contributed by atoms with E-state index >= 15 is 0 Å². The molecule has 2 aromatic rings. The van der Waals surface area contributed by atoms with Gasteiger partial charge in [-0.25, -0.2) is 4.98 Å². The second-order valence-corrected chi connectivity index (χ2v) is 5.13. The van der Waals surface area contributed by atoms with Crippen molar-refractivity contribution in [3.63, 3.8) is 0 Å². The Labute approximate surface area is 127 Å². The van der Waals surface area contributed by atoms with Crippen LogP contribution >= 0.6 is 34.2 Å². The Morgan fingerprint density at radius 2 is 2.16 bits per heavy atom. The lowest BCUT2D eigenvalue weighted by molar-refractivity contribution is -0.386. The number of hydrogen-bond donors (Lipinski definition) is 0. The minimum absolute atomic E-state index is 0.0938. The van der Waals surface area contributed by atoms with Crippen molar-refractivity contribution in [1.82, 2.24) is 9.97 Å². The summed E-state index contributed by atoms with van der Waals surface area (Å²) < 4.78 is 6.37. The van der Waals surface area contributed by atoms with Gasteiger partial charge in [0.2, 0.25) is 5.28 Å². The molecule has 0 spiro atoms. The second-order valence-electron chi connectivity index (χ2n) is 3.55. The van der Waals surface area contributed by atoms with Crippen LogP contribution in [0.4, 0.5) is 5.69 Å². The van der Waals surface area contributed by atoms with E-state index in [-0.39, 0.29) is 22.5 Å². The van der Waals surface area contributed by atoms with E-state index in [4.69, 9.17) is 16.3 Å². The monoisotopic (exact) mass is 391 g/mol. The van der Waals surface area contributed by atoms with E-state index in [2.05, 4.69) is 32.6 Å². The molecule has 2 rings (SSSR count). The molecule has 8 heteroatoms. The van der Waals surface area contributed by atoms with Crippen molar-refractivity contribution in [2.24, 2.45) is 0 Å². The summed E-state index contributed by atoms with van der Waals surface area (Å²) in [6.07, 6.45) is 0. The number of halogens is 2. The van der Waals surface area contributed by atoms with Crippen LogP contribution in [-0.4, -0.2) is 14.9 Å². The number of nitro groups is 1. The van der Waals surface area contributed by atoms with Crippen LogP contribution in [0, 0.1) is 20.6 Å². The molecular weight excluding hydrogens is 384 g/mol. The van der Waals surface area contributed by atoms with E-state index in [1.807, 2.05) is 6.07 Å². The Kier molecular flexibility index (Phi) is 4.15. The largest absolute Gasteiger partial charge is 0.434 e. The number of aromatic nitrogens is 2. The average molecular weight is 392 g/mol. The van der Waals surface area contributed by atoms with Gasteiger partial charge in [-0.15, -0.1) is 0 Å². The summed E-state index contributed by atoms with van der Waals surface area (Å²) in [6.45, 7) is 1.48. The molecule has 6 nitrogen and oxygen atoms in total. The maximum Gasteiger partial charge on any atom is 0.352 e. The third kappa shape index (κ3) is 3.29. The Balaban J connectivity index is 2.47. The molecule has 19 heavy (non-hydrogen) atoms. The highest BCUT2D eigenvalue weighted by Gasteiger charge is 2.23. The van der Waals surface area contributed by atoms with Gasteiger partial charge in [-0.2, -0.15) is 4.98 Å². The summed E-state index contributed by atoms with van der Waals surface area (Å²) in [4.78, 5) is 17.9. The molecule has 0 radical (unpaired) electrons. The van der Waals surface area contributed by atoms with E-state index in [0.717, 1.165) is 3.57 Å². The normalized spacial score (nSPS) is 10.3. The number of benzene rings is 1. The Bertz CT molecular complexity index is 651. The zero-order valence-electron chi connectivity index (χ0n) is 9.63. The predicted molar refractivity (Wildman–Crippen MR) is 77.7 cm³/mol. The quantitative estimate of drug-likeness (QED) is 0.345. The van der Waals surface area contributed by atoms with Crippen LogP contribution in [-0.2, 0) is 0 Å². The van der Waals surface area contributed by atoms with Crippen LogP contribution in [0.3, 0.4) is 0 Å². The van der Waals surface area contributed by atoms with Crippen molar-refractivity contribution in [3.05, 3.63) is 48.9 Å². The van der Waals surface area contributed by atoms with Gasteiger partial charge in [0.15, 0.2) is 0 Å². The molecule has 0 bridgehead atoms. The molecule has 0 N–H and O–H groups in total. The molecule has 0 atom stereocenters. The minimum atomic E-state index is -0.588. The number of aryl methyl sites for hydroxylation is 1. The summed E-state index contributed by atoms with van der Waals surface area (Å²) in [6, 6.07) is 7.06. The lowest BCUT2D eigenvalue weighted by atomic mass is 10.3. The van der Waals surface area contributed by atoms with E-state index in [9.17, 15) is 10.1 Å². The molecule has 0 saturated heterocycles. The van der Waals surface area contributed by atoms with Crippen molar-refractivity contribution in [2.75, 3.05) is 0 Å². The Hall–Kier alpha value is -1.48. The molecule has 0 fully saturated rings. The highest BCUT2D eigenvalue weighted by Crippen LogP contribution is 2.32. The molecule has 0 saturated carbocycles. The van der Waals surface area contributed by atoms with Crippen molar-refractivity contribution >= 4 is 39.9 Å². The summed E-state index contributed by atoms with van der Waals surface area (Å²) >= 11 is 7.81. The maximum atomic E-state index is 11.0. The lowest BCUT2D eigenvalue weighted by Crippen LogP contribution is -2.01. The zero-order chi connectivity index (χ0) is 14.0. The average Bonchev–Trinajstić information content (AvgIpc) is 2.26. The number of nitrogens with zero attached hydrogens (tertiary/aromatic N) is 3. The first-order valence-electron chi connectivity index (χ1n) is 5.09. The Morgan fingerprint density at radius 3 is 2.79 bits per heavy atom. The van der Waals surface area contributed by atoms with Crippen LogP contribution in [0.5, 0.6) is 11.6 Å². The SMILES string of the molecule is Cc1nc(Cl)nc(Oc2cccc(I)c2)c1[N+](=O)[O-]. The van der Waals surface area contributed by atoms with Gasteiger partial charge in [0.1, 0.15) is 11.4 Å².